The SMILES string of the molecule is CN(Cc1ccccc1O)C(=O)c1ncn[nH]1. The first-order valence-electron chi connectivity index (χ1n) is 5.06. The Morgan fingerprint density at radius 1 is 1.47 bits per heavy atom. The number of nitrogens with one attached hydrogen (secondary N) is 1. The Morgan fingerprint density at radius 3 is 2.88 bits per heavy atom. The van der Waals surface area contributed by atoms with Gasteiger partial charge in [-0.05, 0) is 6.07 Å². The van der Waals surface area contributed by atoms with E-state index in [-0.39, 0.29) is 17.5 Å². The molecule has 0 aliphatic carbocycles. The third kappa shape index (κ3) is 2.41. The van der Waals surface area contributed by atoms with Crippen molar-refractivity contribution in [1.29, 1.82) is 0 Å². The number of para-hydroxylation sites is 1. The Labute approximate surface area is 97.9 Å². The molecule has 1 heterocycles. The van der Waals surface area contributed by atoms with Crippen LogP contribution in [0.4, 0.5) is 0 Å². The van der Waals surface area contributed by atoms with E-state index in [0.29, 0.717) is 12.1 Å². The van der Waals surface area contributed by atoms with Gasteiger partial charge in [0.25, 0.3) is 5.91 Å². The van der Waals surface area contributed by atoms with E-state index in [9.17, 15) is 9.90 Å². The number of carbonyl (C=O) groups excluding carboxylic acids is 1. The maximum Gasteiger partial charge on any atom is 0.291 e. The second kappa shape index (κ2) is 4.65. The molecule has 0 fully saturated rings. The van der Waals surface area contributed by atoms with Gasteiger partial charge in [0.15, 0.2) is 0 Å². The van der Waals surface area contributed by atoms with Gasteiger partial charge in [-0.25, -0.2) is 4.98 Å². The molecule has 17 heavy (non-hydrogen) atoms. The summed E-state index contributed by atoms with van der Waals surface area (Å²) in [4.78, 5) is 17.1. The fourth-order valence-corrected chi connectivity index (χ4v) is 1.46. The Hall–Kier alpha value is -2.37. The van der Waals surface area contributed by atoms with E-state index in [1.54, 1.807) is 25.2 Å². The molecule has 1 aromatic heterocycles. The van der Waals surface area contributed by atoms with Crippen molar-refractivity contribution < 1.29 is 9.90 Å². The number of phenols is 1. The maximum atomic E-state index is 11.8. The van der Waals surface area contributed by atoms with Crippen LogP contribution in [0.1, 0.15) is 16.2 Å². The van der Waals surface area contributed by atoms with Gasteiger partial charge in [-0.1, -0.05) is 18.2 Å². The smallest absolute Gasteiger partial charge is 0.291 e. The normalized spacial score (nSPS) is 10.2. The monoisotopic (exact) mass is 232 g/mol. The van der Waals surface area contributed by atoms with Gasteiger partial charge in [-0.15, -0.1) is 0 Å². The van der Waals surface area contributed by atoms with Gasteiger partial charge in [-0.2, -0.15) is 5.10 Å². The Bertz CT molecular complexity index is 510. The number of aromatic hydroxyl groups is 1. The summed E-state index contributed by atoms with van der Waals surface area (Å²) in [6.45, 7) is 0.312. The summed E-state index contributed by atoms with van der Waals surface area (Å²) in [5, 5.41) is 15.7. The summed E-state index contributed by atoms with van der Waals surface area (Å²) in [5.74, 6) is 0.0818. The molecule has 6 nitrogen and oxygen atoms in total. The van der Waals surface area contributed by atoms with E-state index in [2.05, 4.69) is 15.2 Å². The molecular weight excluding hydrogens is 220 g/mol. The third-order valence-electron chi connectivity index (χ3n) is 2.36. The highest BCUT2D eigenvalue weighted by Crippen LogP contribution is 2.17. The van der Waals surface area contributed by atoms with Crippen LogP contribution in [-0.4, -0.2) is 38.1 Å². The van der Waals surface area contributed by atoms with E-state index in [0.717, 1.165) is 0 Å². The highest BCUT2D eigenvalue weighted by atomic mass is 16.3. The van der Waals surface area contributed by atoms with Crippen LogP contribution in [0.25, 0.3) is 0 Å². The van der Waals surface area contributed by atoms with Crippen LogP contribution in [0, 0.1) is 0 Å². The van der Waals surface area contributed by atoms with Crippen molar-refractivity contribution >= 4 is 5.91 Å². The fourth-order valence-electron chi connectivity index (χ4n) is 1.46. The minimum absolute atomic E-state index is 0.171. The van der Waals surface area contributed by atoms with Gasteiger partial charge in [0.05, 0.1) is 0 Å². The molecule has 0 spiro atoms. The minimum atomic E-state index is -0.272. The molecule has 0 saturated carbocycles. The van der Waals surface area contributed by atoms with Crippen molar-refractivity contribution in [3.63, 3.8) is 0 Å². The van der Waals surface area contributed by atoms with E-state index in [1.165, 1.54) is 11.2 Å². The molecular formula is C11H12N4O2. The van der Waals surface area contributed by atoms with Crippen LogP contribution in [0.2, 0.25) is 0 Å². The first-order valence-corrected chi connectivity index (χ1v) is 5.06. The zero-order valence-electron chi connectivity index (χ0n) is 9.29. The maximum absolute atomic E-state index is 11.8. The molecule has 0 bridgehead atoms. The zero-order chi connectivity index (χ0) is 12.3. The van der Waals surface area contributed by atoms with E-state index < -0.39 is 0 Å². The van der Waals surface area contributed by atoms with Crippen molar-refractivity contribution in [3.8, 4) is 5.75 Å². The number of rotatable bonds is 3. The van der Waals surface area contributed by atoms with Gasteiger partial charge >= 0.3 is 0 Å². The number of benzene rings is 1. The van der Waals surface area contributed by atoms with Gasteiger partial charge in [0.1, 0.15) is 12.1 Å². The highest BCUT2D eigenvalue weighted by molar-refractivity contribution is 5.90. The number of amides is 1. The molecule has 0 saturated heterocycles. The molecule has 2 rings (SSSR count). The molecule has 1 amide bonds. The molecule has 0 aliphatic heterocycles. The van der Waals surface area contributed by atoms with Crippen molar-refractivity contribution in [3.05, 3.63) is 42.0 Å². The van der Waals surface area contributed by atoms with E-state index in [1.807, 2.05) is 6.07 Å². The first kappa shape index (κ1) is 11.1. The zero-order valence-corrected chi connectivity index (χ0v) is 9.29. The summed E-state index contributed by atoms with van der Waals surface area (Å²) in [5.41, 5.74) is 0.683. The van der Waals surface area contributed by atoms with Crippen LogP contribution < -0.4 is 0 Å². The predicted molar refractivity (Wildman–Crippen MR) is 60.3 cm³/mol. The standard InChI is InChI=1S/C11H12N4O2/c1-15(11(17)10-12-7-13-14-10)6-8-4-2-3-5-9(8)16/h2-5,7,16H,6H2,1H3,(H,12,13,14). The number of nitrogens with zero attached hydrogens (tertiary/aromatic N) is 3. The summed E-state index contributed by atoms with van der Waals surface area (Å²) < 4.78 is 0. The lowest BCUT2D eigenvalue weighted by Gasteiger charge is -2.16. The minimum Gasteiger partial charge on any atom is -0.508 e. The molecule has 2 N–H and O–H groups in total. The fraction of sp³-hybridized carbons (Fsp3) is 0.182. The molecule has 0 unspecified atom stereocenters. The third-order valence-corrected chi connectivity index (χ3v) is 2.36. The predicted octanol–water partition coefficient (Wildman–Crippen LogP) is 0.782. The molecule has 0 radical (unpaired) electrons. The van der Waals surface area contributed by atoms with Crippen molar-refractivity contribution in [2.45, 2.75) is 6.54 Å². The van der Waals surface area contributed by atoms with Gasteiger partial charge in [0, 0.05) is 19.2 Å². The van der Waals surface area contributed by atoms with Crippen LogP contribution in [-0.2, 0) is 6.54 Å². The Morgan fingerprint density at radius 2 is 2.24 bits per heavy atom. The number of carbonyl (C=O) groups is 1. The molecule has 1 aromatic carbocycles. The number of hydrogen-bond acceptors (Lipinski definition) is 4. The van der Waals surface area contributed by atoms with Gasteiger partial charge in [-0.3, -0.25) is 9.89 Å². The topological polar surface area (TPSA) is 82.1 Å². The largest absolute Gasteiger partial charge is 0.508 e. The average Bonchev–Trinajstić information content (AvgIpc) is 2.84. The van der Waals surface area contributed by atoms with E-state index in [4.69, 9.17) is 0 Å². The van der Waals surface area contributed by atoms with Crippen LogP contribution in [0.5, 0.6) is 5.75 Å². The Balaban J connectivity index is 2.10. The van der Waals surface area contributed by atoms with Crippen LogP contribution in [0.3, 0.4) is 0 Å². The quantitative estimate of drug-likeness (QED) is 0.819. The molecule has 2 aromatic rings. The molecule has 88 valence electrons. The molecule has 6 heteroatoms. The summed E-state index contributed by atoms with van der Waals surface area (Å²) in [6.07, 6.45) is 1.28. The summed E-state index contributed by atoms with van der Waals surface area (Å²) >= 11 is 0. The van der Waals surface area contributed by atoms with Crippen LogP contribution in [0.15, 0.2) is 30.6 Å². The second-order valence-corrected chi connectivity index (χ2v) is 3.62. The van der Waals surface area contributed by atoms with Crippen molar-refractivity contribution in [2.24, 2.45) is 0 Å². The number of aromatic amines is 1. The Kier molecular flexibility index (Phi) is 3.04. The van der Waals surface area contributed by atoms with Gasteiger partial charge < -0.3 is 10.0 Å². The number of aromatic nitrogens is 3. The van der Waals surface area contributed by atoms with Gasteiger partial charge in [0.2, 0.25) is 5.82 Å². The molecule has 0 atom stereocenters. The second-order valence-electron chi connectivity index (χ2n) is 3.62. The van der Waals surface area contributed by atoms with Crippen molar-refractivity contribution in [2.75, 3.05) is 7.05 Å². The number of H-pyrrole nitrogens is 1. The number of phenolic OH excluding ortho intramolecular Hbond substituents is 1. The van der Waals surface area contributed by atoms with Crippen LogP contribution >= 0.6 is 0 Å². The van der Waals surface area contributed by atoms with E-state index >= 15 is 0 Å². The highest BCUT2D eigenvalue weighted by Gasteiger charge is 2.15. The summed E-state index contributed by atoms with van der Waals surface area (Å²) in [6, 6.07) is 6.89. The lowest BCUT2D eigenvalue weighted by atomic mass is 10.2. The number of hydrogen-bond donors (Lipinski definition) is 2. The van der Waals surface area contributed by atoms with Crippen molar-refractivity contribution in [1.82, 2.24) is 20.1 Å². The lowest BCUT2D eigenvalue weighted by molar-refractivity contribution is 0.0772. The average molecular weight is 232 g/mol. The molecule has 0 aliphatic rings. The first-order chi connectivity index (χ1) is 8.18. The lowest BCUT2D eigenvalue weighted by Crippen LogP contribution is -2.27. The summed E-state index contributed by atoms with van der Waals surface area (Å²) in [7, 11) is 1.64.